The van der Waals surface area contributed by atoms with Crippen LogP contribution in [-0.4, -0.2) is 73.8 Å². The molecule has 0 bridgehead atoms. The van der Waals surface area contributed by atoms with Crippen LogP contribution in [0.4, 0.5) is 4.79 Å². The summed E-state index contributed by atoms with van der Waals surface area (Å²) in [5.41, 5.74) is -0.506. The molecule has 2 aliphatic rings. The molecule has 2 fully saturated rings. The van der Waals surface area contributed by atoms with Gasteiger partial charge in [0.2, 0.25) is 0 Å². The monoisotopic (exact) mass is 366 g/mol. The topological polar surface area (TPSA) is 85.4 Å². The highest BCUT2D eigenvalue weighted by atomic mass is 16.6. The van der Waals surface area contributed by atoms with Gasteiger partial charge in [0.1, 0.15) is 5.60 Å². The lowest BCUT2D eigenvalue weighted by Crippen LogP contribution is -2.42. The number of likely N-dealkylation sites (N-methyl/N-ethyl adjacent to an activating group) is 1. The third-order valence-corrected chi connectivity index (χ3v) is 4.02. The molecule has 0 aromatic rings. The summed E-state index contributed by atoms with van der Waals surface area (Å²) in [6.45, 7) is 6.82. The molecule has 0 radical (unpaired) electrons. The molecule has 0 spiro atoms. The van der Waals surface area contributed by atoms with E-state index in [1.165, 1.54) is 4.90 Å². The van der Waals surface area contributed by atoms with Gasteiger partial charge in [-0.1, -0.05) is 6.08 Å². The molecule has 2 aliphatic heterocycles. The normalized spacial score (nSPS) is 21.2. The van der Waals surface area contributed by atoms with Crippen LogP contribution in [-0.2, 0) is 23.6 Å². The largest absolute Gasteiger partial charge is 0.628 e. The van der Waals surface area contributed by atoms with Gasteiger partial charge in [-0.3, -0.25) is 14.5 Å². The first-order chi connectivity index (χ1) is 12.1. The third-order valence-electron chi connectivity index (χ3n) is 4.02. The Balaban J connectivity index is 1.83. The number of nitrogens with zero attached hydrogens (tertiary/aromatic N) is 2. The summed E-state index contributed by atoms with van der Waals surface area (Å²) in [4.78, 5) is 38.7. The lowest BCUT2D eigenvalue weighted by atomic mass is 9.85. The summed E-state index contributed by atoms with van der Waals surface area (Å²) in [6, 6.07) is 0. The van der Waals surface area contributed by atoms with Crippen LogP contribution >= 0.6 is 0 Å². The van der Waals surface area contributed by atoms with Crippen LogP contribution < -0.4 is 0 Å². The van der Waals surface area contributed by atoms with Crippen molar-refractivity contribution in [1.82, 2.24) is 9.80 Å². The minimum Gasteiger partial charge on any atom is -0.495 e. The van der Waals surface area contributed by atoms with Crippen LogP contribution in [0.1, 0.15) is 33.6 Å². The summed E-state index contributed by atoms with van der Waals surface area (Å²) in [7, 11) is 0.657. The molecular formula is C17H27BN2O6. The Morgan fingerprint density at radius 3 is 2.19 bits per heavy atom. The Morgan fingerprint density at radius 2 is 1.69 bits per heavy atom. The average Bonchev–Trinajstić information content (AvgIpc) is 2.49. The summed E-state index contributed by atoms with van der Waals surface area (Å²) >= 11 is 0. The first-order valence-electron chi connectivity index (χ1n) is 8.86. The number of rotatable bonds is 2. The molecule has 9 heteroatoms. The van der Waals surface area contributed by atoms with E-state index in [9.17, 15) is 14.4 Å². The standard InChI is InChI=1S/C17H27BN2O6/c1-17(2,3)24-16(23)20-9-6-13(7-10-20)5-8-18-25-14(21)11-19(4)12-15(22)26-18/h5,8,13H,6-7,9-12H2,1-4H3/b8-5+. The average molecular weight is 366 g/mol. The predicted molar refractivity (Wildman–Crippen MR) is 95.1 cm³/mol. The van der Waals surface area contributed by atoms with Gasteiger partial charge < -0.3 is 18.9 Å². The van der Waals surface area contributed by atoms with Crippen molar-refractivity contribution in [2.75, 3.05) is 33.2 Å². The maximum Gasteiger partial charge on any atom is 0.628 e. The zero-order valence-corrected chi connectivity index (χ0v) is 15.9. The zero-order chi connectivity index (χ0) is 19.3. The fourth-order valence-corrected chi connectivity index (χ4v) is 2.78. The fraction of sp³-hybridized carbons (Fsp3) is 0.706. The van der Waals surface area contributed by atoms with E-state index in [0.717, 1.165) is 12.8 Å². The minimum atomic E-state index is -0.993. The molecular weight excluding hydrogens is 339 g/mol. The van der Waals surface area contributed by atoms with Gasteiger partial charge in [0.15, 0.2) is 0 Å². The molecule has 26 heavy (non-hydrogen) atoms. The first-order valence-corrected chi connectivity index (χ1v) is 8.86. The van der Waals surface area contributed by atoms with E-state index in [1.54, 1.807) is 17.9 Å². The number of hydrogen-bond donors (Lipinski definition) is 0. The van der Waals surface area contributed by atoms with E-state index in [2.05, 4.69) is 0 Å². The van der Waals surface area contributed by atoms with Crippen molar-refractivity contribution in [3.05, 3.63) is 12.1 Å². The molecule has 2 saturated heterocycles. The van der Waals surface area contributed by atoms with Gasteiger partial charge in [-0.2, -0.15) is 0 Å². The molecule has 2 heterocycles. The number of hydrogen-bond acceptors (Lipinski definition) is 7. The highest BCUT2D eigenvalue weighted by molar-refractivity contribution is 6.54. The molecule has 0 N–H and O–H groups in total. The first kappa shape index (κ1) is 20.3. The number of amides is 1. The van der Waals surface area contributed by atoms with Gasteiger partial charge >= 0.3 is 25.2 Å². The molecule has 0 aromatic heterocycles. The maximum atomic E-state index is 12.1. The van der Waals surface area contributed by atoms with Gasteiger partial charge in [-0.05, 0) is 52.6 Å². The van der Waals surface area contributed by atoms with Crippen molar-refractivity contribution in [1.29, 1.82) is 0 Å². The minimum absolute atomic E-state index is 0.0493. The Kier molecular flexibility index (Phi) is 6.69. The van der Waals surface area contributed by atoms with E-state index < -0.39 is 24.7 Å². The maximum absolute atomic E-state index is 12.1. The summed E-state index contributed by atoms with van der Waals surface area (Å²) in [6.07, 6.45) is 3.13. The second-order valence-corrected chi connectivity index (χ2v) is 7.71. The van der Waals surface area contributed by atoms with Gasteiger partial charge in [-0.15, -0.1) is 0 Å². The predicted octanol–water partition coefficient (Wildman–Crippen LogP) is 1.25. The van der Waals surface area contributed by atoms with Crippen LogP contribution in [0.5, 0.6) is 0 Å². The molecule has 8 nitrogen and oxygen atoms in total. The summed E-state index contributed by atoms with van der Waals surface area (Å²) < 4.78 is 15.7. The van der Waals surface area contributed by atoms with E-state index in [0.29, 0.717) is 13.1 Å². The van der Waals surface area contributed by atoms with E-state index in [-0.39, 0.29) is 25.1 Å². The van der Waals surface area contributed by atoms with Crippen molar-refractivity contribution < 1.29 is 28.4 Å². The molecule has 0 unspecified atom stereocenters. The molecule has 1 amide bonds. The van der Waals surface area contributed by atoms with Crippen molar-refractivity contribution in [2.24, 2.45) is 5.92 Å². The molecule has 2 rings (SSSR count). The van der Waals surface area contributed by atoms with Crippen LogP contribution in [0, 0.1) is 5.92 Å². The fourth-order valence-electron chi connectivity index (χ4n) is 2.78. The Labute approximate surface area is 154 Å². The zero-order valence-electron chi connectivity index (χ0n) is 15.9. The van der Waals surface area contributed by atoms with Crippen LogP contribution in [0.25, 0.3) is 0 Å². The second kappa shape index (κ2) is 8.57. The van der Waals surface area contributed by atoms with Gasteiger partial charge in [0.05, 0.1) is 13.1 Å². The molecule has 0 saturated carbocycles. The van der Waals surface area contributed by atoms with Crippen molar-refractivity contribution in [2.45, 2.75) is 39.2 Å². The number of carbonyl (C=O) groups is 3. The lowest BCUT2D eigenvalue weighted by molar-refractivity contribution is -0.145. The number of allylic oxidation sites excluding steroid dienone is 1. The van der Waals surface area contributed by atoms with Crippen LogP contribution in [0.3, 0.4) is 0 Å². The van der Waals surface area contributed by atoms with E-state index in [4.69, 9.17) is 14.0 Å². The highest BCUT2D eigenvalue weighted by Crippen LogP contribution is 2.21. The van der Waals surface area contributed by atoms with Crippen molar-refractivity contribution >= 4 is 25.2 Å². The quantitative estimate of drug-likeness (QED) is 0.680. The number of carbonyl (C=O) groups excluding carboxylic acids is 3. The van der Waals surface area contributed by atoms with E-state index >= 15 is 0 Å². The van der Waals surface area contributed by atoms with Crippen LogP contribution in [0.15, 0.2) is 12.1 Å². The summed E-state index contributed by atoms with van der Waals surface area (Å²) in [5.74, 6) is 0.956. The second-order valence-electron chi connectivity index (χ2n) is 7.71. The number of piperidine rings is 1. The molecule has 0 aromatic carbocycles. The lowest BCUT2D eigenvalue weighted by Gasteiger charge is -2.32. The van der Waals surface area contributed by atoms with Crippen molar-refractivity contribution in [3.63, 3.8) is 0 Å². The molecule has 0 aliphatic carbocycles. The number of likely N-dealkylation sites (tertiary alicyclic amines) is 1. The highest BCUT2D eigenvalue weighted by Gasteiger charge is 2.30. The summed E-state index contributed by atoms with van der Waals surface area (Å²) in [5, 5.41) is 0. The Morgan fingerprint density at radius 1 is 1.15 bits per heavy atom. The van der Waals surface area contributed by atoms with Gasteiger partial charge in [-0.25, -0.2) is 4.79 Å². The Bertz CT molecular complexity index is 546. The SMILES string of the molecule is CN1CC(=O)OB(/C=C/C2CCN(C(=O)OC(C)(C)C)CC2)OC(=O)C1. The Hall–Kier alpha value is -2.03. The van der Waals surface area contributed by atoms with Gasteiger partial charge in [0, 0.05) is 13.1 Å². The molecule has 144 valence electrons. The van der Waals surface area contributed by atoms with Crippen LogP contribution in [0.2, 0.25) is 0 Å². The molecule has 0 atom stereocenters. The van der Waals surface area contributed by atoms with E-state index in [1.807, 2.05) is 26.8 Å². The van der Waals surface area contributed by atoms with Gasteiger partial charge in [0.25, 0.3) is 0 Å². The number of ether oxygens (including phenoxy) is 1. The van der Waals surface area contributed by atoms with Crippen molar-refractivity contribution in [3.8, 4) is 0 Å². The third kappa shape index (κ3) is 6.70. The smallest absolute Gasteiger partial charge is 0.495 e.